The molecule has 0 saturated carbocycles. The molecule has 80 valence electrons. The maximum absolute atomic E-state index is 2.24. The monoisotopic (exact) mass is 428 g/mol. The third kappa shape index (κ3) is 4.78. The van der Waals surface area contributed by atoms with E-state index >= 15 is 0 Å². The molecule has 15 heavy (non-hydrogen) atoms. The van der Waals surface area contributed by atoms with Crippen LogP contribution in [-0.4, -0.2) is 0 Å². The van der Waals surface area contributed by atoms with E-state index in [1.54, 1.807) is 0 Å². The molecule has 0 nitrogen and oxygen atoms in total. The number of hydrogen-bond donors (Lipinski definition) is 0. The molecule has 4 heteroatoms. The van der Waals surface area contributed by atoms with Gasteiger partial charge in [0, 0.05) is 0 Å². The van der Waals surface area contributed by atoms with E-state index in [2.05, 4.69) is 44.2 Å². The Balaban J connectivity index is -0.000000360. The molecule has 0 radical (unpaired) electrons. The Kier molecular flexibility index (Phi) is 12.9. The fourth-order valence-corrected chi connectivity index (χ4v) is 1.40. The van der Waals surface area contributed by atoms with E-state index in [1.165, 1.54) is 21.9 Å². The van der Waals surface area contributed by atoms with E-state index in [4.69, 9.17) is 0 Å². The molecular formula is C11H11Br3Ti. The van der Waals surface area contributed by atoms with Gasteiger partial charge >= 0.3 is 21.7 Å². The van der Waals surface area contributed by atoms with Gasteiger partial charge in [-0.2, -0.15) is 12.1 Å². The fourth-order valence-electron chi connectivity index (χ4n) is 1.40. The van der Waals surface area contributed by atoms with Crippen molar-refractivity contribution in [1.82, 2.24) is 0 Å². The summed E-state index contributed by atoms with van der Waals surface area (Å²) in [6.45, 7) is 4.31. The maximum Gasteiger partial charge on any atom is 4.00 e. The van der Waals surface area contributed by atoms with Crippen LogP contribution < -0.4 is 50.9 Å². The first-order valence-electron chi connectivity index (χ1n) is 3.90. The molecule has 0 unspecified atom stereocenters. The van der Waals surface area contributed by atoms with E-state index in [0.717, 1.165) is 0 Å². The second-order valence-corrected chi connectivity index (χ2v) is 3.09. The SMILES string of the molecule is Cc1cc2cc[cH-]c2cc1C.[Br-].[Br-].[Br-].[Ti+4]. The molecule has 0 aliphatic carbocycles. The van der Waals surface area contributed by atoms with Gasteiger partial charge < -0.3 is 50.9 Å². The Labute approximate surface area is 137 Å². The van der Waals surface area contributed by atoms with Crippen LogP contribution in [0.25, 0.3) is 10.8 Å². The minimum absolute atomic E-state index is 0. The molecule has 0 aliphatic rings. The van der Waals surface area contributed by atoms with Crippen LogP contribution in [0.3, 0.4) is 0 Å². The molecule has 0 amide bonds. The van der Waals surface area contributed by atoms with Crippen LogP contribution in [0.1, 0.15) is 11.1 Å². The summed E-state index contributed by atoms with van der Waals surface area (Å²) < 4.78 is 0. The molecule has 2 aromatic rings. The normalized spacial score (nSPS) is 7.87. The summed E-state index contributed by atoms with van der Waals surface area (Å²) in [7, 11) is 0. The van der Waals surface area contributed by atoms with Crippen LogP contribution in [0.4, 0.5) is 0 Å². The van der Waals surface area contributed by atoms with Gasteiger partial charge in [0.05, 0.1) is 0 Å². The van der Waals surface area contributed by atoms with Crippen molar-refractivity contribution in [2.75, 3.05) is 0 Å². The molecule has 0 atom stereocenters. The zero-order valence-corrected chi connectivity index (χ0v) is 14.8. The third-order valence-corrected chi connectivity index (χ3v) is 2.25. The Morgan fingerprint density at radius 2 is 1.47 bits per heavy atom. The molecule has 2 rings (SSSR count). The first kappa shape index (κ1) is 21.3. The average Bonchev–Trinajstić information content (AvgIpc) is 2.36. The molecule has 0 heterocycles. The fraction of sp³-hybridized carbons (Fsp3) is 0.182. The second-order valence-electron chi connectivity index (χ2n) is 3.09. The van der Waals surface area contributed by atoms with Gasteiger partial charge in [0.25, 0.3) is 0 Å². The maximum atomic E-state index is 2.24. The smallest absolute Gasteiger partial charge is 1.00 e. The molecule has 0 N–H and O–H groups in total. The zero-order chi connectivity index (χ0) is 7.84. The van der Waals surface area contributed by atoms with Crippen molar-refractivity contribution >= 4 is 10.8 Å². The summed E-state index contributed by atoms with van der Waals surface area (Å²) in [5.74, 6) is 0. The van der Waals surface area contributed by atoms with Crippen LogP contribution in [0.15, 0.2) is 30.3 Å². The summed E-state index contributed by atoms with van der Waals surface area (Å²) in [6, 6.07) is 10.9. The Bertz CT molecular complexity index is 360. The summed E-state index contributed by atoms with van der Waals surface area (Å²) in [5, 5.41) is 2.71. The van der Waals surface area contributed by atoms with Crippen molar-refractivity contribution < 1.29 is 72.7 Å². The minimum Gasteiger partial charge on any atom is -1.00 e. The summed E-state index contributed by atoms with van der Waals surface area (Å²) in [6.07, 6.45) is 0. The van der Waals surface area contributed by atoms with Crippen molar-refractivity contribution in [1.29, 1.82) is 0 Å². The molecule has 0 spiro atoms. The van der Waals surface area contributed by atoms with Gasteiger partial charge in [0.1, 0.15) is 0 Å². The standard InChI is InChI=1S/C11H11.3BrH.Ti/c1-8-6-10-4-3-5-11(10)7-9(8)2;;;;/h3-7H,1-2H3;3*1H;/q-1;;;;+4/p-3. The van der Waals surface area contributed by atoms with Crippen molar-refractivity contribution in [3.05, 3.63) is 41.5 Å². The first-order chi connectivity index (χ1) is 5.27. The van der Waals surface area contributed by atoms with Crippen LogP contribution in [0.5, 0.6) is 0 Å². The van der Waals surface area contributed by atoms with Crippen LogP contribution in [0.2, 0.25) is 0 Å². The predicted molar refractivity (Wildman–Crippen MR) is 49.0 cm³/mol. The van der Waals surface area contributed by atoms with Crippen molar-refractivity contribution in [3.8, 4) is 0 Å². The topological polar surface area (TPSA) is 0 Å². The predicted octanol–water partition coefficient (Wildman–Crippen LogP) is -5.81. The molecule has 2 aromatic carbocycles. The number of benzene rings is 1. The van der Waals surface area contributed by atoms with Crippen LogP contribution in [-0.2, 0) is 21.7 Å². The first-order valence-corrected chi connectivity index (χ1v) is 3.90. The molecule has 0 bridgehead atoms. The van der Waals surface area contributed by atoms with Crippen LogP contribution >= 0.6 is 0 Å². The van der Waals surface area contributed by atoms with Crippen molar-refractivity contribution in [2.45, 2.75) is 13.8 Å². The van der Waals surface area contributed by atoms with Gasteiger partial charge in [-0.3, -0.25) is 0 Å². The number of fused-ring (bicyclic) bond motifs is 1. The van der Waals surface area contributed by atoms with Gasteiger partial charge in [-0.15, -0.1) is 29.0 Å². The van der Waals surface area contributed by atoms with E-state index in [1.807, 2.05) is 0 Å². The largest absolute Gasteiger partial charge is 4.00 e. The summed E-state index contributed by atoms with van der Waals surface area (Å²) in [5.41, 5.74) is 2.76. The Morgan fingerprint density at radius 1 is 0.933 bits per heavy atom. The Morgan fingerprint density at radius 3 is 2.07 bits per heavy atom. The molecule has 0 aromatic heterocycles. The summed E-state index contributed by atoms with van der Waals surface area (Å²) in [4.78, 5) is 0. The molecule has 0 aliphatic heterocycles. The van der Waals surface area contributed by atoms with Gasteiger partial charge in [-0.05, 0) is 13.8 Å². The van der Waals surface area contributed by atoms with E-state index in [0.29, 0.717) is 0 Å². The summed E-state index contributed by atoms with van der Waals surface area (Å²) >= 11 is 0. The van der Waals surface area contributed by atoms with Gasteiger partial charge in [0.2, 0.25) is 0 Å². The van der Waals surface area contributed by atoms with Gasteiger partial charge in [-0.25, -0.2) is 0 Å². The van der Waals surface area contributed by atoms with Crippen molar-refractivity contribution in [2.24, 2.45) is 0 Å². The molecule has 0 saturated heterocycles. The Hall–Kier alpha value is 0.984. The average molecular weight is 431 g/mol. The zero-order valence-electron chi connectivity index (χ0n) is 8.52. The van der Waals surface area contributed by atoms with Gasteiger partial charge in [0.15, 0.2) is 0 Å². The molecule has 0 fully saturated rings. The second kappa shape index (κ2) is 9.06. The van der Waals surface area contributed by atoms with E-state index in [9.17, 15) is 0 Å². The van der Waals surface area contributed by atoms with Gasteiger partial charge in [-0.1, -0.05) is 11.1 Å². The van der Waals surface area contributed by atoms with Crippen molar-refractivity contribution in [3.63, 3.8) is 0 Å². The number of aryl methyl sites for hydroxylation is 2. The molecular weight excluding hydrogens is 420 g/mol. The number of rotatable bonds is 0. The van der Waals surface area contributed by atoms with E-state index < -0.39 is 0 Å². The minimum atomic E-state index is 0. The number of halogens is 3. The quantitative estimate of drug-likeness (QED) is 0.289. The van der Waals surface area contributed by atoms with Crippen LogP contribution in [0, 0.1) is 13.8 Å². The third-order valence-electron chi connectivity index (χ3n) is 2.25. The van der Waals surface area contributed by atoms with E-state index in [-0.39, 0.29) is 72.7 Å². The number of hydrogen-bond acceptors (Lipinski definition) is 0.